The van der Waals surface area contributed by atoms with Crippen molar-refractivity contribution in [2.45, 2.75) is 19.8 Å². The summed E-state index contributed by atoms with van der Waals surface area (Å²) in [5.74, 6) is -0.0486. The van der Waals surface area contributed by atoms with E-state index in [2.05, 4.69) is 0 Å². The van der Waals surface area contributed by atoms with E-state index in [1.807, 2.05) is 6.92 Å². The summed E-state index contributed by atoms with van der Waals surface area (Å²) in [6.45, 7) is 1.89. The summed E-state index contributed by atoms with van der Waals surface area (Å²) >= 11 is 0. The van der Waals surface area contributed by atoms with Gasteiger partial charge in [-0.1, -0.05) is 6.92 Å². The molecule has 0 amide bonds. The van der Waals surface area contributed by atoms with Gasteiger partial charge in [0.2, 0.25) is 0 Å². The Morgan fingerprint density at radius 2 is 2.12 bits per heavy atom. The predicted molar refractivity (Wildman–Crippen MR) is 30.5 cm³/mol. The summed E-state index contributed by atoms with van der Waals surface area (Å²) in [6, 6.07) is 0. The molecule has 0 aliphatic heterocycles. The molecule has 0 aromatic heterocycles. The minimum atomic E-state index is -0.0486. The minimum Gasteiger partial charge on any atom is -0.303 e. The fourth-order valence-corrected chi connectivity index (χ4v) is 0.442. The van der Waals surface area contributed by atoms with Gasteiger partial charge in [-0.3, -0.25) is 0 Å². The van der Waals surface area contributed by atoms with E-state index in [4.69, 9.17) is 0 Å². The first kappa shape index (κ1) is 7.34. The summed E-state index contributed by atoms with van der Waals surface area (Å²) in [5.41, 5.74) is 0. The Labute approximate surface area is 48.9 Å². The molecule has 2 heteroatoms. The second-order valence-corrected chi connectivity index (χ2v) is 1.71. The van der Waals surface area contributed by atoms with Crippen LogP contribution in [0.2, 0.25) is 0 Å². The Balaban J connectivity index is 3.35. The van der Waals surface area contributed by atoms with E-state index >= 15 is 0 Å². The van der Waals surface area contributed by atoms with Crippen molar-refractivity contribution >= 4 is 12.6 Å². The van der Waals surface area contributed by atoms with Gasteiger partial charge in [0.15, 0.2) is 0 Å². The van der Waals surface area contributed by atoms with Gasteiger partial charge in [0.05, 0.1) is 0 Å². The smallest absolute Gasteiger partial charge is 0.123 e. The Bertz CT molecular complexity index is 78.6. The second kappa shape index (κ2) is 4.50. The predicted octanol–water partition coefficient (Wildman–Crippen LogP) is 0.800. The first-order valence-electron chi connectivity index (χ1n) is 2.74. The van der Waals surface area contributed by atoms with E-state index < -0.39 is 0 Å². The monoisotopic (exact) mass is 114 g/mol. The van der Waals surface area contributed by atoms with Crippen molar-refractivity contribution in [1.82, 2.24) is 0 Å². The molecule has 0 aliphatic carbocycles. The average Bonchev–Trinajstić information content (AvgIpc) is 1.83. The van der Waals surface area contributed by atoms with Crippen LogP contribution in [-0.2, 0) is 9.59 Å². The van der Waals surface area contributed by atoms with Gasteiger partial charge in [-0.15, -0.1) is 0 Å². The molecule has 1 unspecified atom stereocenters. The molecule has 0 aliphatic rings. The van der Waals surface area contributed by atoms with Crippen molar-refractivity contribution in [1.29, 1.82) is 0 Å². The van der Waals surface area contributed by atoms with Gasteiger partial charge in [0.1, 0.15) is 12.6 Å². The summed E-state index contributed by atoms with van der Waals surface area (Å²) in [4.78, 5) is 19.7. The molecule has 0 aromatic carbocycles. The van der Waals surface area contributed by atoms with Gasteiger partial charge in [-0.05, 0) is 6.42 Å². The fraction of sp³-hybridized carbons (Fsp3) is 0.667. The van der Waals surface area contributed by atoms with E-state index in [0.717, 1.165) is 19.0 Å². The summed E-state index contributed by atoms with van der Waals surface area (Å²) < 4.78 is 0. The highest BCUT2D eigenvalue weighted by atomic mass is 16.1. The number of aldehydes is 2. The largest absolute Gasteiger partial charge is 0.303 e. The molecule has 0 bridgehead atoms. The van der Waals surface area contributed by atoms with Crippen molar-refractivity contribution in [2.75, 3.05) is 0 Å². The van der Waals surface area contributed by atoms with Gasteiger partial charge in [0.25, 0.3) is 0 Å². The van der Waals surface area contributed by atoms with Crippen molar-refractivity contribution in [2.24, 2.45) is 5.92 Å². The van der Waals surface area contributed by atoms with E-state index in [0.29, 0.717) is 6.42 Å². The third-order valence-electron chi connectivity index (χ3n) is 1.12. The van der Waals surface area contributed by atoms with Gasteiger partial charge in [0, 0.05) is 12.3 Å². The van der Waals surface area contributed by atoms with Crippen LogP contribution in [0, 0.1) is 5.92 Å². The van der Waals surface area contributed by atoms with Crippen LogP contribution in [0.25, 0.3) is 0 Å². The fourth-order valence-electron chi connectivity index (χ4n) is 0.442. The highest BCUT2D eigenvalue weighted by Crippen LogP contribution is 2.00. The lowest BCUT2D eigenvalue weighted by atomic mass is 10.1. The van der Waals surface area contributed by atoms with E-state index in [1.165, 1.54) is 0 Å². The van der Waals surface area contributed by atoms with Crippen molar-refractivity contribution in [3.8, 4) is 0 Å². The summed E-state index contributed by atoms with van der Waals surface area (Å²) in [5, 5.41) is 0. The first-order valence-corrected chi connectivity index (χ1v) is 2.74. The molecule has 0 rings (SSSR count). The molecular formula is C6H10O2. The normalized spacial score (nSPS) is 12.6. The molecule has 0 radical (unpaired) electrons. The van der Waals surface area contributed by atoms with Crippen LogP contribution in [0.1, 0.15) is 19.8 Å². The van der Waals surface area contributed by atoms with Crippen molar-refractivity contribution in [3.63, 3.8) is 0 Å². The standard InChI is InChI=1S/C6H10O2/c1-2-6(5-8)3-4-7/h4-6H,2-3H2,1H3. The maximum absolute atomic E-state index is 9.97. The number of hydrogen-bond donors (Lipinski definition) is 0. The average molecular weight is 114 g/mol. The molecule has 0 heterocycles. The molecule has 0 saturated carbocycles. The number of carbonyl (C=O) groups is 2. The lowest BCUT2D eigenvalue weighted by Gasteiger charge is -1.96. The quantitative estimate of drug-likeness (QED) is 0.506. The molecule has 0 saturated heterocycles. The second-order valence-electron chi connectivity index (χ2n) is 1.71. The number of carbonyl (C=O) groups excluding carboxylic acids is 2. The molecular weight excluding hydrogens is 104 g/mol. The number of hydrogen-bond acceptors (Lipinski definition) is 2. The molecule has 46 valence electrons. The topological polar surface area (TPSA) is 34.1 Å². The maximum Gasteiger partial charge on any atom is 0.123 e. The first-order chi connectivity index (χ1) is 3.85. The lowest BCUT2D eigenvalue weighted by Crippen LogP contribution is -1.99. The third kappa shape index (κ3) is 2.50. The number of rotatable bonds is 4. The van der Waals surface area contributed by atoms with Crippen LogP contribution >= 0.6 is 0 Å². The Hall–Kier alpha value is -0.660. The van der Waals surface area contributed by atoms with Gasteiger partial charge < -0.3 is 9.59 Å². The van der Waals surface area contributed by atoms with Crippen LogP contribution in [0.5, 0.6) is 0 Å². The highest BCUT2D eigenvalue weighted by molar-refractivity contribution is 5.61. The maximum atomic E-state index is 9.97. The van der Waals surface area contributed by atoms with Gasteiger partial charge in [-0.2, -0.15) is 0 Å². The third-order valence-corrected chi connectivity index (χ3v) is 1.12. The summed E-state index contributed by atoms with van der Waals surface area (Å²) in [7, 11) is 0. The van der Waals surface area contributed by atoms with E-state index in [9.17, 15) is 9.59 Å². The minimum absolute atomic E-state index is 0.0486. The molecule has 0 aromatic rings. The molecule has 8 heavy (non-hydrogen) atoms. The van der Waals surface area contributed by atoms with E-state index in [1.54, 1.807) is 0 Å². The molecule has 0 spiro atoms. The molecule has 1 atom stereocenters. The SMILES string of the molecule is CCC(C=O)CC=O. The zero-order chi connectivity index (χ0) is 6.41. The summed E-state index contributed by atoms with van der Waals surface area (Å²) in [6.07, 6.45) is 2.75. The Morgan fingerprint density at radius 1 is 1.50 bits per heavy atom. The van der Waals surface area contributed by atoms with Crippen LogP contribution in [0.15, 0.2) is 0 Å². The van der Waals surface area contributed by atoms with Crippen molar-refractivity contribution in [3.05, 3.63) is 0 Å². The zero-order valence-corrected chi connectivity index (χ0v) is 4.96. The van der Waals surface area contributed by atoms with Crippen LogP contribution in [-0.4, -0.2) is 12.6 Å². The van der Waals surface area contributed by atoms with Crippen LogP contribution < -0.4 is 0 Å². The van der Waals surface area contributed by atoms with Gasteiger partial charge in [-0.25, -0.2) is 0 Å². The molecule has 0 fully saturated rings. The van der Waals surface area contributed by atoms with E-state index in [-0.39, 0.29) is 5.92 Å². The molecule has 2 nitrogen and oxygen atoms in total. The Morgan fingerprint density at radius 3 is 2.25 bits per heavy atom. The Kier molecular flexibility index (Phi) is 4.13. The van der Waals surface area contributed by atoms with Crippen LogP contribution in [0.3, 0.4) is 0 Å². The highest BCUT2D eigenvalue weighted by Gasteiger charge is 2.00. The van der Waals surface area contributed by atoms with Gasteiger partial charge >= 0.3 is 0 Å². The lowest BCUT2D eigenvalue weighted by molar-refractivity contribution is -0.115. The molecule has 0 N–H and O–H groups in total. The van der Waals surface area contributed by atoms with Crippen LogP contribution in [0.4, 0.5) is 0 Å². The van der Waals surface area contributed by atoms with Crippen molar-refractivity contribution < 1.29 is 9.59 Å². The zero-order valence-electron chi connectivity index (χ0n) is 4.96.